The molecule has 3 rings (SSSR count). The molecule has 2 aromatic carbocycles. The minimum atomic E-state index is -3.61. The molecule has 2 aromatic rings. The first-order chi connectivity index (χ1) is 19.0. The minimum Gasteiger partial charge on any atom is -0.497 e. The molecule has 2 amide bonds. The third-order valence-electron chi connectivity index (χ3n) is 7.19. The van der Waals surface area contributed by atoms with E-state index in [1.807, 2.05) is 6.92 Å². The van der Waals surface area contributed by atoms with Gasteiger partial charge in [-0.05, 0) is 55.5 Å². The molecule has 1 atom stereocenters. The molecule has 0 aliphatic heterocycles. The fourth-order valence-corrected chi connectivity index (χ4v) is 6.49. The van der Waals surface area contributed by atoms with E-state index >= 15 is 0 Å². The predicted molar refractivity (Wildman–Crippen MR) is 161 cm³/mol. The summed E-state index contributed by atoms with van der Waals surface area (Å²) in [7, 11) is -2.10. The van der Waals surface area contributed by atoms with Crippen molar-refractivity contribution in [2.45, 2.75) is 76.9 Å². The molecule has 0 saturated heterocycles. The van der Waals surface area contributed by atoms with Crippen LogP contribution in [0.15, 0.2) is 42.5 Å². The Morgan fingerprint density at radius 1 is 1.10 bits per heavy atom. The summed E-state index contributed by atoms with van der Waals surface area (Å²) < 4.78 is 31.7. The molecule has 1 saturated carbocycles. The largest absolute Gasteiger partial charge is 0.497 e. The molecule has 0 spiro atoms. The van der Waals surface area contributed by atoms with Crippen molar-refractivity contribution in [1.82, 2.24) is 10.2 Å². The minimum absolute atomic E-state index is 0.0500. The second-order valence-corrected chi connectivity index (χ2v) is 12.9. The van der Waals surface area contributed by atoms with E-state index in [1.54, 1.807) is 47.4 Å². The van der Waals surface area contributed by atoms with Crippen LogP contribution in [0.4, 0.5) is 5.69 Å². The van der Waals surface area contributed by atoms with Gasteiger partial charge in [0.1, 0.15) is 11.8 Å². The Hall–Kier alpha value is -2.49. The SMILES string of the molecule is CC[C@H](C(=O)NC1CCCCC1)N(Cc1ccc(Cl)cc1Cl)C(=O)CCCN(c1cccc(OC)c1)S(C)(=O)=O. The number of rotatable bonds is 13. The number of nitrogens with one attached hydrogen (secondary N) is 1. The molecule has 220 valence electrons. The van der Waals surface area contributed by atoms with Gasteiger partial charge in [-0.15, -0.1) is 0 Å². The third-order valence-corrected chi connectivity index (χ3v) is 8.97. The highest BCUT2D eigenvalue weighted by molar-refractivity contribution is 7.92. The van der Waals surface area contributed by atoms with Gasteiger partial charge in [0, 0.05) is 41.7 Å². The van der Waals surface area contributed by atoms with Gasteiger partial charge in [-0.25, -0.2) is 8.42 Å². The molecule has 1 fully saturated rings. The van der Waals surface area contributed by atoms with Gasteiger partial charge in [0.15, 0.2) is 0 Å². The lowest BCUT2D eigenvalue weighted by Gasteiger charge is -2.33. The topological polar surface area (TPSA) is 96.0 Å². The summed E-state index contributed by atoms with van der Waals surface area (Å²) in [5, 5.41) is 4.04. The van der Waals surface area contributed by atoms with E-state index in [4.69, 9.17) is 27.9 Å². The smallest absolute Gasteiger partial charge is 0.243 e. The van der Waals surface area contributed by atoms with Gasteiger partial charge in [-0.3, -0.25) is 13.9 Å². The van der Waals surface area contributed by atoms with Crippen molar-refractivity contribution < 1.29 is 22.7 Å². The molecule has 11 heteroatoms. The highest BCUT2D eigenvalue weighted by Gasteiger charge is 2.31. The predicted octanol–water partition coefficient (Wildman–Crippen LogP) is 5.80. The zero-order chi connectivity index (χ0) is 29.3. The number of nitrogens with zero attached hydrogens (tertiary/aromatic N) is 2. The standard InChI is InChI=1S/C29H39Cl2N3O5S/c1-4-27(29(36)32-23-10-6-5-7-11-23)33(20-21-15-16-22(30)18-26(21)31)28(35)14-9-17-34(40(3,37)38)24-12-8-13-25(19-24)39-2/h8,12-13,15-16,18-19,23,27H,4-7,9-11,14,17,20H2,1-3H3,(H,32,36)/t27-/m1/s1. The van der Waals surface area contributed by atoms with Crippen LogP contribution < -0.4 is 14.4 Å². The van der Waals surface area contributed by atoms with E-state index in [2.05, 4.69) is 5.32 Å². The van der Waals surface area contributed by atoms with E-state index in [9.17, 15) is 18.0 Å². The Kier molecular flexibility index (Phi) is 12.0. The number of amides is 2. The van der Waals surface area contributed by atoms with Crippen molar-refractivity contribution >= 4 is 50.7 Å². The van der Waals surface area contributed by atoms with Crippen molar-refractivity contribution in [1.29, 1.82) is 0 Å². The molecule has 0 radical (unpaired) electrons. The molecule has 1 N–H and O–H groups in total. The Labute approximate surface area is 248 Å². The highest BCUT2D eigenvalue weighted by Crippen LogP contribution is 2.26. The summed E-state index contributed by atoms with van der Waals surface area (Å²) in [5.41, 5.74) is 1.13. The van der Waals surface area contributed by atoms with Crippen LogP contribution in [0, 0.1) is 0 Å². The number of carbonyl (C=O) groups is 2. The van der Waals surface area contributed by atoms with Crippen LogP contribution in [-0.2, 0) is 26.2 Å². The second kappa shape index (κ2) is 14.9. The number of hydrogen-bond donors (Lipinski definition) is 1. The number of sulfonamides is 1. The Morgan fingerprint density at radius 2 is 1.82 bits per heavy atom. The van der Waals surface area contributed by atoms with E-state index < -0.39 is 16.1 Å². The van der Waals surface area contributed by atoms with Gasteiger partial charge < -0.3 is 15.0 Å². The van der Waals surface area contributed by atoms with E-state index in [1.165, 1.54) is 17.8 Å². The monoisotopic (exact) mass is 611 g/mol. The third kappa shape index (κ3) is 9.01. The summed E-state index contributed by atoms with van der Waals surface area (Å²) in [6.45, 7) is 2.11. The van der Waals surface area contributed by atoms with E-state index in [-0.39, 0.29) is 43.8 Å². The van der Waals surface area contributed by atoms with Crippen molar-refractivity contribution in [3.05, 3.63) is 58.1 Å². The first kappa shape index (κ1) is 32.0. The molecule has 40 heavy (non-hydrogen) atoms. The summed E-state index contributed by atoms with van der Waals surface area (Å²) in [6.07, 6.45) is 7.06. The van der Waals surface area contributed by atoms with Gasteiger partial charge in [0.2, 0.25) is 21.8 Å². The fourth-order valence-electron chi connectivity index (χ4n) is 5.07. The normalized spacial score (nSPS) is 14.8. The highest BCUT2D eigenvalue weighted by atomic mass is 35.5. The first-order valence-electron chi connectivity index (χ1n) is 13.7. The Balaban J connectivity index is 1.79. The maximum Gasteiger partial charge on any atom is 0.243 e. The lowest BCUT2D eigenvalue weighted by molar-refractivity contribution is -0.141. The van der Waals surface area contributed by atoms with E-state index in [0.717, 1.165) is 31.9 Å². The van der Waals surface area contributed by atoms with Gasteiger partial charge in [0.05, 0.1) is 19.1 Å². The fraction of sp³-hybridized carbons (Fsp3) is 0.517. The van der Waals surface area contributed by atoms with Crippen LogP contribution in [0.5, 0.6) is 5.75 Å². The van der Waals surface area contributed by atoms with Crippen LogP contribution in [0.1, 0.15) is 63.9 Å². The zero-order valence-corrected chi connectivity index (χ0v) is 25.7. The zero-order valence-electron chi connectivity index (χ0n) is 23.4. The molecule has 1 aliphatic rings. The maximum atomic E-state index is 13.7. The van der Waals surface area contributed by atoms with Gasteiger partial charge in [-0.2, -0.15) is 0 Å². The maximum absolute atomic E-state index is 13.7. The van der Waals surface area contributed by atoms with Crippen molar-refractivity contribution in [2.75, 3.05) is 24.2 Å². The van der Waals surface area contributed by atoms with Crippen LogP contribution in [0.2, 0.25) is 10.0 Å². The number of anilines is 1. The molecule has 0 heterocycles. The lowest BCUT2D eigenvalue weighted by Crippen LogP contribution is -2.51. The van der Waals surface area contributed by atoms with Crippen molar-refractivity contribution in [2.24, 2.45) is 0 Å². The van der Waals surface area contributed by atoms with Crippen LogP contribution in [0.3, 0.4) is 0 Å². The number of methoxy groups -OCH3 is 1. The quantitative estimate of drug-likeness (QED) is 0.308. The summed E-state index contributed by atoms with van der Waals surface area (Å²) >= 11 is 12.5. The summed E-state index contributed by atoms with van der Waals surface area (Å²) in [5.74, 6) is 0.0979. The molecular formula is C29H39Cl2N3O5S. The molecule has 0 unspecified atom stereocenters. The number of benzene rings is 2. The number of ether oxygens (including phenoxy) is 1. The van der Waals surface area contributed by atoms with Gasteiger partial charge >= 0.3 is 0 Å². The first-order valence-corrected chi connectivity index (χ1v) is 16.3. The molecule has 8 nitrogen and oxygen atoms in total. The lowest BCUT2D eigenvalue weighted by atomic mass is 9.95. The molecule has 0 bridgehead atoms. The van der Waals surface area contributed by atoms with Crippen LogP contribution in [0.25, 0.3) is 0 Å². The average Bonchev–Trinajstić information content (AvgIpc) is 2.92. The Morgan fingerprint density at radius 3 is 2.45 bits per heavy atom. The van der Waals surface area contributed by atoms with Crippen LogP contribution >= 0.6 is 23.2 Å². The molecular weight excluding hydrogens is 573 g/mol. The second-order valence-electron chi connectivity index (χ2n) is 10.2. The van der Waals surface area contributed by atoms with Crippen molar-refractivity contribution in [3.63, 3.8) is 0 Å². The van der Waals surface area contributed by atoms with Gasteiger partial charge in [0.25, 0.3) is 0 Å². The Bertz CT molecular complexity index is 1270. The average molecular weight is 613 g/mol. The van der Waals surface area contributed by atoms with Crippen molar-refractivity contribution in [3.8, 4) is 5.75 Å². The number of halogens is 2. The van der Waals surface area contributed by atoms with E-state index in [0.29, 0.717) is 33.5 Å². The molecule has 1 aliphatic carbocycles. The number of carbonyl (C=O) groups excluding carboxylic acids is 2. The van der Waals surface area contributed by atoms with Gasteiger partial charge in [-0.1, -0.05) is 61.5 Å². The molecule has 0 aromatic heterocycles. The number of hydrogen-bond acceptors (Lipinski definition) is 5. The van der Waals surface area contributed by atoms with Crippen LogP contribution in [-0.4, -0.2) is 57.1 Å². The summed E-state index contributed by atoms with van der Waals surface area (Å²) in [4.78, 5) is 28.7. The summed E-state index contributed by atoms with van der Waals surface area (Å²) in [6, 6.07) is 11.3.